The highest BCUT2D eigenvalue weighted by atomic mass is 32.1. The van der Waals surface area contributed by atoms with Crippen molar-refractivity contribution in [3.8, 4) is 10.4 Å². The molecule has 0 unspecified atom stereocenters. The fourth-order valence-electron chi connectivity index (χ4n) is 1.27. The molecule has 0 atom stereocenters. The molecule has 3 heteroatoms. The lowest BCUT2D eigenvalue weighted by Crippen LogP contribution is -1.84. The molecule has 0 aliphatic rings. The number of carbonyl (C=O) groups is 1. The van der Waals surface area contributed by atoms with Crippen molar-refractivity contribution in [3.63, 3.8) is 0 Å². The van der Waals surface area contributed by atoms with Crippen LogP contribution in [0.1, 0.15) is 10.4 Å². The summed E-state index contributed by atoms with van der Waals surface area (Å²) in [6.45, 7) is 0. The number of hydrogen-bond acceptors (Lipinski definition) is 2. The number of hydrogen-bond donors (Lipinski definition) is 0. The van der Waals surface area contributed by atoms with Crippen LogP contribution in [0.4, 0.5) is 4.39 Å². The van der Waals surface area contributed by atoms with Crippen LogP contribution in [0.15, 0.2) is 35.7 Å². The Morgan fingerprint density at radius 3 is 2.79 bits per heavy atom. The third-order valence-corrected chi connectivity index (χ3v) is 2.78. The third-order valence-electron chi connectivity index (χ3n) is 1.86. The highest BCUT2D eigenvalue weighted by molar-refractivity contribution is 7.13. The Morgan fingerprint density at radius 1 is 1.29 bits per heavy atom. The van der Waals surface area contributed by atoms with Crippen molar-refractivity contribution < 1.29 is 9.18 Å². The second-order valence-electron chi connectivity index (χ2n) is 2.87. The minimum Gasteiger partial charge on any atom is -0.298 e. The predicted molar refractivity (Wildman–Crippen MR) is 55.1 cm³/mol. The van der Waals surface area contributed by atoms with Gasteiger partial charge in [-0.1, -0.05) is 6.07 Å². The van der Waals surface area contributed by atoms with Gasteiger partial charge in [0, 0.05) is 10.4 Å². The van der Waals surface area contributed by atoms with Gasteiger partial charge in [-0.3, -0.25) is 4.79 Å². The zero-order chi connectivity index (χ0) is 9.97. The largest absolute Gasteiger partial charge is 0.298 e. The van der Waals surface area contributed by atoms with Crippen LogP contribution < -0.4 is 0 Å². The van der Waals surface area contributed by atoms with Crippen molar-refractivity contribution in [3.05, 3.63) is 47.1 Å². The van der Waals surface area contributed by atoms with Crippen LogP contribution >= 0.6 is 11.3 Å². The lowest BCUT2D eigenvalue weighted by molar-refractivity contribution is 0.112. The minimum absolute atomic E-state index is 0.369. The molecule has 0 saturated carbocycles. The van der Waals surface area contributed by atoms with E-state index in [1.54, 1.807) is 6.07 Å². The normalized spacial score (nSPS) is 10.1. The maximum atomic E-state index is 13.1. The molecule has 0 saturated heterocycles. The van der Waals surface area contributed by atoms with Crippen molar-refractivity contribution >= 4 is 17.6 Å². The predicted octanol–water partition coefficient (Wildman–Crippen LogP) is 3.37. The Bertz CT molecular complexity index is 448. The fraction of sp³-hybridized carbons (Fsp3) is 0. The highest BCUT2D eigenvalue weighted by Crippen LogP contribution is 2.25. The molecular formula is C11H7FOS. The number of rotatable bonds is 2. The number of thiophene rings is 1. The molecule has 0 aliphatic heterocycles. The van der Waals surface area contributed by atoms with Crippen LogP contribution in [-0.2, 0) is 0 Å². The van der Waals surface area contributed by atoms with Gasteiger partial charge in [0.25, 0.3) is 0 Å². The van der Waals surface area contributed by atoms with E-state index in [1.165, 1.54) is 23.5 Å². The van der Waals surface area contributed by atoms with Crippen LogP contribution in [0, 0.1) is 5.82 Å². The van der Waals surface area contributed by atoms with E-state index in [4.69, 9.17) is 0 Å². The molecule has 1 heterocycles. The molecule has 0 aliphatic carbocycles. The van der Waals surface area contributed by atoms with Gasteiger partial charge in [0.1, 0.15) is 12.1 Å². The molecule has 1 nitrogen and oxygen atoms in total. The Labute approximate surface area is 84.8 Å². The SMILES string of the molecule is O=Cc1cc(F)cc(-c2cccs2)c1. The molecule has 70 valence electrons. The van der Waals surface area contributed by atoms with Crippen LogP contribution in [-0.4, -0.2) is 6.29 Å². The Balaban J connectivity index is 2.54. The average molecular weight is 206 g/mol. The van der Waals surface area contributed by atoms with Crippen molar-refractivity contribution in [1.29, 1.82) is 0 Å². The first-order valence-corrected chi connectivity index (χ1v) is 4.97. The van der Waals surface area contributed by atoms with Gasteiger partial charge in [-0.05, 0) is 35.2 Å². The lowest BCUT2D eigenvalue weighted by atomic mass is 10.1. The van der Waals surface area contributed by atoms with Gasteiger partial charge in [-0.15, -0.1) is 11.3 Å². The maximum absolute atomic E-state index is 13.1. The monoisotopic (exact) mass is 206 g/mol. The quantitative estimate of drug-likeness (QED) is 0.688. The second-order valence-corrected chi connectivity index (χ2v) is 3.82. The van der Waals surface area contributed by atoms with Crippen LogP contribution in [0.2, 0.25) is 0 Å². The van der Waals surface area contributed by atoms with Gasteiger partial charge >= 0.3 is 0 Å². The molecule has 2 rings (SSSR count). The first-order valence-electron chi connectivity index (χ1n) is 4.09. The van der Waals surface area contributed by atoms with Gasteiger partial charge in [0.2, 0.25) is 0 Å². The smallest absolute Gasteiger partial charge is 0.150 e. The summed E-state index contributed by atoms with van der Waals surface area (Å²) in [5, 5.41) is 1.92. The van der Waals surface area contributed by atoms with Gasteiger partial charge in [-0.25, -0.2) is 4.39 Å². The molecular weight excluding hydrogens is 199 g/mol. The average Bonchev–Trinajstić information content (AvgIpc) is 2.69. The number of aldehydes is 1. The van der Waals surface area contributed by atoms with Gasteiger partial charge < -0.3 is 0 Å². The summed E-state index contributed by atoms with van der Waals surface area (Å²) < 4.78 is 13.1. The van der Waals surface area contributed by atoms with Gasteiger partial charge in [0.15, 0.2) is 0 Å². The van der Waals surface area contributed by atoms with E-state index in [2.05, 4.69) is 0 Å². The van der Waals surface area contributed by atoms with Gasteiger partial charge in [-0.2, -0.15) is 0 Å². The molecule has 0 spiro atoms. The summed E-state index contributed by atoms with van der Waals surface area (Å²) >= 11 is 1.52. The summed E-state index contributed by atoms with van der Waals surface area (Å²) in [5.74, 6) is -0.377. The molecule has 1 aromatic carbocycles. The fourth-order valence-corrected chi connectivity index (χ4v) is 1.98. The Kier molecular flexibility index (Phi) is 2.41. The number of benzene rings is 1. The summed E-state index contributed by atoms with van der Waals surface area (Å²) in [4.78, 5) is 11.5. The van der Waals surface area contributed by atoms with Crippen molar-refractivity contribution in [2.75, 3.05) is 0 Å². The summed E-state index contributed by atoms with van der Waals surface area (Å²) in [5.41, 5.74) is 1.12. The van der Waals surface area contributed by atoms with Crippen molar-refractivity contribution in [2.24, 2.45) is 0 Å². The Hall–Kier alpha value is -1.48. The molecule has 14 heavy (non-hydrogen) atoms. The first-order chi connectivity index (χ1) is 6.79. The van der Waals surface area contributed by atoms with Gasteiger partial charge in [0.05, 0.1) is 0 Å². The second kappa shape index (κ2) is 3.72. The topological polar surface area (TPSA) is 17.1 Å². The summed E-state index contributed by atoms with van der Waals surface area (Å²) in [7, 11) is 0. The van der Waals surface area contributed by atoms with E-state index in [0.29, 0.717) is 11.8 Å². The van der Waals surface area contributed by atoms with Crippen LogP contribution in [0.5, 0.6) is 0 Å². The van der Waals surface area contributed by atoms with E-state index in [0.717, 1.165) is 10.4 Å². The van der Waals surface area contributed by atoms with E-state index in [1.807, 2.05) is 17.5 Å². The van der Waals surface area contributed by atoms with Crippen molar-refractivity contribution in [2.45, 2.75) is 0 Å². The first kappa shape index (κ1) is 9.09. The van der Waals surface area contributed by atoms with E-state index < -0.39 is 0 Å². The molecule has 2 aromatic rings. The molecule has 0 radical (unpaired) electrons. The zero-order valence-electron chi connectivity index (χ0n) is 7.24. The number of carbonyl (C=O) groups excluding carboxylic acids is 1. The summed E-state index contributed by atoms with van der Waals surface area (Å²) in [6.07, 6.45) is 0.653. The zero-order valence-corrected chi connectivity index (χ0v) is 8.05. The van der Waals surface area contributed by atoms with E-state index >= 15 is 0 Å². The van der Waals surface area contributed by atoms with E-state index in [-0.39, 0.29) is 5.82 Å². The van der Waals surface area contributed by atoms with Crippen LogP contribution in [0.3, 0.4) is 0 Å². The maximum Gasteiger partial charge on any atom is 0.150 e. The Morgan fingerprint density at radius 2 is 2.14 bits per heavy atom. The highest BCUT2D eigenvalue weighted by Gasteiger charge is 2.03. The minimum atomic E-state index is -0.377. The number of halogens is 1. The third kappa shape index (κ3) is 1.72. The lowest BCUT2D eigenvalue weighted by Gasteiger charge is -1.99. The molecule has 0 amide bonds. The van der Waals surface area contributed by atoms with E-state index in [9.17, 15) is 9.18 Å². The van der Waals surface area contributed by atoms with Crippen molar-refractivity contribution in [1.82, 2.24) is 0 Å². The standard InChI is InChI=1S/C11H7FOS/c12-10-5-8(7-13)4-9(6-10)11-2-1-3-14-11/h1-7H. The van der Waals surface area contributed by atoms with Crippen LogP contribution in [0.25, 0.3) is 10.4 Å². The molecule has 0 N–H and O–H groups in total. The summed E-state index contributed by atoms with van der Waals surface area (Å²) in [6, 6.07) is 8.13. The molecule has 1 aromatic heterocycles. The molecule has 0 fully saturated rings. The molecule has 0 bridgehead atoms.